The van der Waals surface area contributed by atoms with Gasteiger partial charge in [0.05, 0.1) is 0 Å². The Bertz CT molecular complexity index is 180. The maximum absolute atomic E-state index is 3.82. The van der Waals surface area contributed by atoms with Crippen molar-refractivity contribution in [3.05, 3.63) is 35.5 Å². The molecule has 2 heteroatoms. The average molecular weight is 216 g/mol. The minimum atomic E-state index is 0.420. The molecule has 0 aromatic carbocycles. The van der Waals surface area contributed by atoms with Gasteiger partial charge in [-0.15, -0.1) is 0 Å². The third-order valence-corrected chi connectivity index (χ3v) is 1.53. The molecule has 0 bridgehead atoms. The molecule has 0 saturated heterocycles. The Balaban J connectivity index is 3.96. The van der Waals surface area contributed by atoms with Gasteiger partial charge in [0.2, 0.25) is 0 Å². The molecule has 0 aromatic rings. The fourth-order valence-electron chi connectivity index (χ4n) is 0.638. The molecular formula is C9H14BrN. The van der Waals surface area contributed by atoms with E-state index in [1.807, 2.05) is 6.08 Å². The molecule has 0 radical (unpaired) electrons. The van der Waals surface area contributed by atoms with Crippen LogP contribution in [0.1, 0.15) is 13.8 Å². The highest BCUT2D eigenvalue weighted by atomic mass is 79.9. The number of nitrogens with one attached hydrogen (secondary N) is 1. The van der Waals surface area contributed by atoms with E-state index >= 15 is 0 Å². The zero-order valence-electron chi connectivity index (χ0n) is 7.02. The van der Waals surface area contributed by atoms with Gasteiger partial charge >= 0.3 is 0 Å². The van der Waals surface area contributed by atoms with Gasteiger partial charge in [0.25, 0.3) is 0 Å². The summed E-state index contributed by atoms with van der Waals surface area (Å²) in [4.78, 5) is 0. The van der Waals surface area contributed by atoms with Gasteiger partial charge in [-0.25, -0.2) is 0 Å². The van der Waals surface area contributed by atoms with E-state index in [1.165, 1.54) is 0 Å². The number of halogens is 1. The van der Waals surface area contributed by atoms with Gasteiger partial charge in [0.15, 0.2) is 0 Å². The van der Waals surface area contributed by atoms with Crippen LogP contribution in [0.4, 0.5) is 0 Å². The van der Waals surface area contributed by atoms with Gasteiger partial charge in [-0.05, 0) is 19.9 Å². The molecule has 0 unspecified atom stereocenters. The number of hydrogen-bond acceptors (Lipinski definition) is 1. The van der Waals surface area contributed by atoms with Crippen LogP contribution in [0.2, 0.25) is 0 Å². The molecule has 0 aliphatic heterocycles. The quantitative estimate of drug-likeness (QED) is 0.712. The summed E-state index contributed by atoms with van der Waals surface area (Å²) < 4.78 is 0.940. The molecule has 0 aliphatic rings. The molecule has 1 nitrogen and oxygen atoms in total. The lowest BCUT2D eigenvalue weighted by Gasteiger charge is -2.08. The predicted molar refractivity (Wildman–Crippen MR) is 54.6 cm³/mol. The van der Waals surface area contributed by atoms with Crippen molar-refractivity contribution >= 4 is 15.9 Å². The Morgan fingerprint density at radius 1 is 1.55 bits per heavy atom. The fourth-order valence-corrected chi connectivity index (χ4v) is 0.914. The van der Waals surface area contributed by atoms with Crippen LogP contribution in [0.25, 0.3) is 0 Å². The first-order chi connectivity index (χ1) is 5.06. The largest absolute Gasteiger partial charge is 0.383 e. The van der Waals surface area contributed by atoms with Gasteiger partial charge in [0, 0.05) is 16.2 Å². The number of allylic oxidation sites excluding steroid dienone is 3. The third kappa shape index (κ3) is 5.92. The van der Waals surface area contributed by atoms with Gasteiger partial charge in [-0.3, -0.25) is 0 Å². The van der Waals surface area contributed by atoms with Crippen molar-refractivity contribution in [3.8, 4) is 0 Å². The molecule has 0 spiro atoms. The average Bonchev–Trinajstić information content (AvgIpc) is 1.85. The summed E-state index contributed by atoms with van der Waals surface area (Å²) in [7, 11) is 0. The van der Waals surface area contributed by atoms with E-state index in [4.69, 9.17) is 0 Å². The van der Waals surface area contributed by atoms with E-state index in [0.717, 1.165) is 10.2 Å². The summed E-state index contributed by atoms with van der Waals surface area (Å²) in [6, 6.07) is 0.420. The van der Waals surface area contributed by atoms with Crippen LogP contribution in [0.15, 0.2) is 35.5 Å². The summed E-state index contributed by atoms with van der Waals surface area (Å²) in [5, 5.41) is 3.16. The molecule has 0 aromatic heterocycles. The molecule has 0 atom stereocenters. The molecule has 0 rings (SSSR count). The topological polar surface area (TPSA) is 12.0 Å². The second-order valence-corrected chi connectivity index (χ2v) is 3.47. The van der Waals surface area contributed by atoms with Crippen molar-refractivity contribution in [2.75, 3.05) is 0 Å². The number of rotatable bonds is 4. The maximum atomic E-state index is 3.82. The molecule has 1 N–H and O–H groups in total. The van der Waals surface area contributed by atoms with Crippen LogP contribution in [0.5, 0.6) is 0 Å². The van der Waals surface area contributed by atoms with E-state index in [0.29, 0.717) is 6.04 Å². The summed E-state index contributed by atoms with van der Waals surface area (Å²) in [5.74, 6) is 0. The van der Waals surface area contributed by atoms with Gasteiger partial charge in [-0.1, -0.05) is 35.2 Å². The monoisotopic (exact) mass is 215 g/mol. The van der Waals surface area contributed by atoms with Crippen LogP contribution in [0, 0.1) is 0 Å². The first-order valence-corrected chi connectivity index (χ1v) is 4.30. The highest BCUT2D eigenvalue weighted by molar-refractivity contribution is 9.11. The van der Waals surface area contributed by atoms with Crippen molar-refractivity contribution in [1.29, 1.82) is 0 Å². The Kier molecular flexibility index (Phi) is 4.95. The van der Waals surface area contributed by atoms with Crippen LogP contribution in [0.3, 0.4) is 0 Å². The predicted octanol–water partition coefficient (Wildman–Crippen LogP) is 2.96. The molecule has 11 heavy (non-hydrogen) atoms. The summed E-state index contributed by atoms with van der Waals surface area (Å²) in [6.45, 7) is 11.6. The first-order valence-electron chi connectivity index (χ1n) is 3.51. The van der Waals surface area contributed by atoms with Crippen molar-refractivity contribution in [3.63, 3.8) is 0 Å². The second-order valence-electron chi connectivity index (χ2n) is 2.56. The van der Waals surface area contributed by atoms with Crippen LogP contribution in [-0.2, 0) is 0 Å². The Morgan fingerprint density at radius 2 is 2.09 bits per heavy atom. The number of hydrogen-bond donors (Lipinski definition) is 1. The van der Waals surface area contributed by atoms with Crippen molar-refractivity contribution in [1.82, 2.24) is 5.32 Å². The van der Waals surface area contributed by atoms with Crippen LogP contribution in [-0.4, -0.2) is 6.04 Å². The Morgan fingerprint density at radius 3 is 2.45 bits per heavy atom. The van der Waals surface area contributed by atoms with E-state index in [2.05, 4.69) is 48.3 Å². The van der Waals surface area contributed by atoms with Crippen LogP contribution < -0.4 is 5.32 Å². The van der Waals surface area contributed by atoms with Crippen LogP contribution >= 0.6 is 15.9 Å². The van der Waals surface area contributed by atoms with Gasteiger partial charge in [-0.2, -0.15) is 0 Å². The highest BCUT2D eigenvalue weighted by Gasteiger charge is 1.92. The van der Waals surface area contributed by atoms with Crippen molar-refractivity contribution in [2.24, 2.45) is 0 Å². The lowest BCUT2D eigenvalue weighted by Crippen LogP contribution is -2.20. The van der Waals surface area contributed by atoms with E-state index < -0.39 is 0 Å². The normalized spacial score (nSPS) is 11.5. The summed E-state index contributed by atoms with van der Waals surface area (Å²) >= 11 is 3.31. The molecule has 0 amide bonds. The second kappa shape index (κ2) is 5.19. The minimum Gasteiger partial charge on any atom is -0.383 e. The molecule has 0 fully saturated rings. The van der Waals surface area contributed by atoms with Gasteiger partial charge in [0.1, 0.15) is 0 Å². The van der Waals surface area contributed by atoms with E-state index in [-0.39, 0.29) is 0 Å². The Hall–Kier alpha value is -0.500. The zero-order chi connectivity index (χ0) is 8.85. The summed E-state index contributed by atoms with van der Waals surface area (Å²) in [5.41, 5.74) is 0.895. The molecular weight excluding hydrogens is 202 g/mol. The smallest absolute Gasteiger partial charge is 0.0280 e. The van der Waals surface area contributed by atoms with E-state index in [9.17, 15) is 0 Å². The first kappa shape index (κ1) is 10.5. The molecule has 62 valence electrons. The van der Waals surface area contributed by atoms with Crippen molar-refractivity contribution < 1.29 is 0 Å². The van der Waals surface area contributed by atoms with E-state index in [1.54, 1.807) is 6.08 Å². The maximum Gasteiger partial charge on any atom is 0.0280 e. The highest BCUT2D eigenvalue weighted by Crippen LogP contribution is 2.07. The van der Waals surface area contributed by atoms with Gasteiger partial charge < -0.3 is 5.32 Å². The molecule has 0 saturated carbocycles. The van der Waals surface area contributed by atoms with Crippen molar-refractivity contribution in [2.45, 2.75) is 19.9 Å². The minimum absolute atomic E-state index is 0.420. The SMILES string of the molecule is C=C/C(Br)=C\C(=C)NC(C)C. The standard InChI is InChI=1S/C9H14BrN/c1-5-9(10)6-8(4)11-7(2)3/h5-7,11H,1,4H2,2-3H3/b9-6+. The molecule has 0 aliphatic carbocycles. The zero-order valence-corrected chi connectivity index (χ0v) is 8.61. The summed E-state index contributed by atoms with van der Waals surface area (Å²) in [6.07, 6.45) is 3.63. The third-order valence-electron chi connectivity index (χ3n) is 0.981. The lowest BCUT2D eigenvalue weighted by molar-refractivity contribution is 0.683. The lowest BCUT2D eigenvalue weighted by atomic mass is 10.3. The fraction of sp³-hybridized carbons (Fsp3) is 0.333. The molecule has 0 heterocycles. The Labute approximate surface area is 77.0 Å².